The molecule has 0 atom stereocenters. The minimum Gasteiger partial charge on any atom is -0.249 e. The summed E-state index contributed by atoms with van der Waals surface area (Å²) < 4.78 is 1.96. The van der Waals surface area contributed by atoms with E-state index in [1.807, 2.05) is 22.9 Å². The van der Waals surface area contributed by atoms with E-state index in [1.54, 1.807) is 0 Å². The van der Waals surface area contributed by atoms with Crippen LogP contribution in [0.1, 0.15) is 43.4 Å². The van der Waals surface area contributed by atoms with Crippen molar-refractivity contribution < 1.29 is 0 Å². The van der Waals surface area contributed by atoms with E-state index in [0.29, 0.717) is 18.8 Å². The van der Waals surface area contributed by atoms with Gasteiger partial charge in [0.1, 0.15) is 5.82 Å². The molecule has 4 aromatic rings. The molecule has 0 aliphatic carbocycles. The Morgan fingerprint density at radius 2 is 1.87 bits per heavy atom. The topological polar surface area (TPSA) is 85.2 Å². The summed E-state index contributed by atoms with van der Waals surface area (Å²) in [6, 6.07) is 16.6. The van der Waals surface area contributed by atoms with E-state index in [-0.39, 0.29) is 0 Å². The number of terminal acetylenes is 1. The van der Waals surface area contributed by atoms with Gasteiger partial charge < -0.3 is 0 Å². The summed E-state index contributed by atoms with van der Waals surface area (Å²) in [6.45, 7) is 2.87. The van der Waals surface area contributed by atoms with Crippen molar-refractivity contribution in [3.8, 4) is 34.9 Å². The molecule has 0 radical (unpaired) electrons. The van der Waals surface area contributed by atoms with Crippen LogP contribution in [-0.2, 0) is 19.4 Å². The van der Waals surface area contributed by atoms with Crippen molar-refractivity contribution >= 4 is 0 Å². The summed E-state index contributed by atoms with van der Waals surface area (Å²) in [5.74, 6) is 5.21. The van der Waals surface area contributed by atoms with E-state index < -0.39 is 0 Å². The van der Waals surface area contributed by atoms with Crippen molar-refractivity contribution in [2.75, 3.05) is 0 Å². The van der Waals surface area contributed by atoms with Crippen LogP contribution in [0.4, 0.5) is 0 Å². The Morgan fingerprint density at radius 3 is 2.58 bits per heavy atom. The largest absolute Gasteiger partial charge is 0.249 e. The number of hydrogen-bond donors (Lipinski definition) is 1. The van der Waals surface area contributed by atoms with E-state index in [9.17, 15) is 0 Å². The van der Waals surface area contributed by atoms with Crippen LogP contribution in [0, 0.1) is 12.3 Å². The van der Waals surface area contributed by atoms with Gasteiger partial charge in [0.2, 0.25) is 0 Å². The zero-order valence-electron chi connectivity index (χ0n) is 17.6. The first kappa shape index (κ1) is 20.5. The maximum absolute atomic E-state index is 5.46. The monoisotopic (exact) mass is 411 g/mol. The first-order chi connectivity index (χ1) is 15.3. The molecule has 31 heavy (non-hydrogen) atoms. The van der Waals surface area contributed by atoms with Gasteiger partial charge in [-0.2, -0.15) is 5.10 Å². The molecule has 4 rings (SSSR count). The molecule has 0 aliphatic rings. The Kier molecular flexibility index (Phi) is 6.48. The number of aryl methyl sites for hydroxylation is 2. The number of rotatable bonds is 9. The fraction of sp³-hybridized carbons (Fsp3) is 0.292. The van der Waals surface area contributed by atoms with Gasteiger partial charge in [0.25, 0.3) is 0 Å². The van der Waals surface area contributed by atoms with Crippen LogP contribution in [0.5, 0.6) is 0 Å². The fourth-order valence-electron chi connectivity index (χ4n) is 3.55. The first-order valence-electron chi connectivity index (χ1n) is 10.6. The van der Waals surface area contributed by atoms with Crippen LogP contribution in [0.15, 0.2) is 48.5 Å². The first-order valence-corrected chi connectivity index (χ1v) is 10.6. The van der Waals surface area contributed by atoms with Crippen molar-refractivity contribution in [3.63, 3.8) is 0 Å². The van der Waals surface area contributed by atoms with Gasteiger partial charge in [-0.1, -0.05) is 61.9 Å². The molecule has 7 nitrogen and oxygen atoms in total. The molecule has 0 spiro atoms. The number of nitrogens with one attached hydrogen (secondary N) is 1. The molecular weight excluding hydrogens is 386 g/mol. The van der Waals surface area contributed by atoms with Crippen LogP contribution in [-0.4, -0.2) is 35.4 Å². The molecule has 156 valence electrons. The van der Waals surface area contributed by atoms with Crippen molar-refractivity contribution in [1.29, 1.82) is 0 Å². The highest BCUT2D eigenvalue weighted by molar-refractivity contribution is 5.80. The van der Waals surface area contributed by atoms with Gasteiger partial charge in [-0.05, 0) is 33.5 Å². The molecule has 0 bridgehead atoms. The molecular formula is C24H25N7. The molecule has 2 aromatic heterocycles. The van der Waals surface area contributed by atoms with Gasteiger partial charge in [0.05, 0.1) is 6.54 Å². The summed E-state index contributed by atoms with van der Waals surface area (Å²) in [5, 5.41) is 19.0. The van der Waals surface area contributed by atoms with Crippen LogP contribution in [0.3, 0.4) is 0 Å². The highest BCUT2D eigenvalue weighted by atomic mass is 15.5. The molecule has 0 saturated heterocycles. The minimum absolute atomic E-state index is 0.649. The second kappa shape index (κ2) is 9.81. The quantitative estimate of drug-likeness (QED) is 0.420. The zero-order valence-corrected chi connectivity index (χ0v) is 17.6. The van der Waals surface area contributed by atoms with Gasteiger partial charge in [0, 0.05) is 24.8 Å². The van der Waals surface area contributed by atoms with Crippen molar-refractivity contribution in [3.05, 3.63) is 65.7 Å². The van der Waals surface area contributed by atoms with Gasteiger partial charge >= 0.3 is 0 Å². The Hall–Kier alpha value is -3.79. The molecule has 2 heterocycles. The summed E-state index contributed by atoms with van der Waals surface area (Å²) in [4.78, 5) is 4.78. The van der Waals surface area contributed by atoms with E-state index in [2.05, 4.69) is 68.9 Å². The van der Waals surface area contributed by atoms with Crippen molar-refractivity contribution in [1.82, 2.24) is 35.4 Å². The van der Waals surface area contributed by atoms with Crippen molar-refractivity contribution in [2.45, 2.75) is 45.6 Å². The minimum atomic E-state index is 0.649. The number of unbranched alkanes of at least 4 members (excludes halogenated alkanes) is 1. The SMILES string of the molecule is C#CCCn1nc(CCCC)nc1Cc1ccc(-c2ccccc2-c2nnn[nH]2)cc1. The lowest BCUT2D eigenvalue weighted by molar-refractivity contribution is 0.591. The molecule has 0 aliphatic heterocycles. The zero-order chi connectivity index (χ0) is 21.5. The number of aromatic amines is 1. The third-order valence-corrected chi connectivity index (χ3v) is 5.17. The predicted molar refractivity (Wildman–Crippen MR) is 120 cm³/mol. The lowest BCUT2D eigenvalue weighted by Gasteiger charge is -2.09. The molecule has 1 N–H and O–H groups in total. The maximum atomic E-state index is 5.46. The molecule has 0 unspecified atom stereocenters. The molecule has 7 heteroatoms. The smallest absolute Gasteiger partial charge is 0.180 e. The highest BCUT2D eigenvalue weighted by Gasteiger charge is 2.12. The van der Waals surface area contributed by atoms with Crippen LogP contribution < -0.4 is 0 Å². The number of H-pyrrole nitrogens is 1. The highest BCUT2D eigenvalue weighted by Crippen LogP contribution is 2.29. The van der Waals surface area contributed by atoms with Crippen molar-refractivity contribution in [2.24, 2.45) is 0 Å². The van der Waals surface area contributed by atoms with Crippen LogP contribution in [0.25, 0.3) is 22.5 Å². The summed E-state index contributed by atoms with van der Waals surface area (Å²) in [7, 11) is 0. The average molecular weight is 412 g/mol. The predicted octanol–water partition coefficient (Wildman–Crippen LogP) is 4.08. The number of nitrogens with zero attached hydrogens (tertiary/aromatic N) is 6. The Labute approximate surface area is 181 Å². The molecule has 0 fully saturated rings. The van der Waals surface area contributed by atoms with Gasteiger partial charge in [0.15, 0.2) is 11.6 Å². The van der Waals surface area contributed by atoms with Crippen LogP contribution >= 0.6 is 0 Å². The third-order valence-electron chi connectivity index (χ3n) is 5.17. The fourth-order valence-corrected chi connectivity index (χ4v) is 3.55. The normalized spacial score (nSPS) is 10.8. The molecule has 0 amide bonds. The number of hydrogen-bond acceptors (Lipinski definition) is 5. The summed E-state index contributed by atoms with van der Waals surface area (Å²) in [5.41, 5.74) is 4.33. The average Bonchev–Trinajstić information content (AvgIpc) is 3.47. The number of aromatic nitrogens is 7. The Balaban J connectivity index is 1.56. The van der Waals surface area contributed by atoms with Gasteiger partial charge in [-0.25, -0.2) is 14.8 Å². The number of benzene rings is 2. The standard InChI is InChI=1S/C24H25N7/c1-3-5-11-22-25-23(31(28-22)16-6-4-2)17-18-12-14-19(15-13-18)20-9-7-8-10-21(20)24-26-29-30-27-24/h2,7-10,12-15H,3,5-6,11,16-17H2,1H3,(H,26,27,29,30). The van der Waals surface area contributed by atoms with E-state index >= 15 is 0 Å². The Morgan fingerprint density at radius 1 is 1.06 bits per heavy atom. The van der Waals surface area contributed by atoms with Gasteiger partial charge in [-0.15, -0.1) is 17.4 Å². The molecule has 2 aromatic carbocycles. The van der Waals surface area contributed by atoms with Gasteiger partial charge in [-0.3, -0.25) is 0 Å². The third kappa shape index (κ3) is 4.86. The maximum Gasteiger partial charge on any atom is 0.180 e. The second-order valence-corrected chi connectivity index (χ2v) is 7.39. The van der Waals surface area contributed by atoms with E-state index in [4.69, 9.17) is 11.4 Å². The summed E-state index contributed by atoms with van der Waals surface area (Å²) >= 11 is 0. The Bertz CT molecular complexity index is 1150. The summed E-state index contributed by atoms with van der Waals surface area (Å²) in [6.07, 6.45) is 9.95. The number of tetrazole rings is 1. The van der Waals surface area contributed by atoms with E-state index in [0.717, 1.165) is 54.0 Å². The van der Waals surface area contributed by atoms with Crippen LogP contribution in [0.2, 0.25) is 0 Å². The van der Waals surface area contributed by atoms with E-state index in [1.165, 1.54) is 5.56 Å². The molecule has 0 saturated carbocycles. The second-order valence-electron chi connectivity index (χ2n) is 7.39. The lowest BCUT2D eigenvalue weighted by Crippen LogP contribution is -2.06. The lowest BCUT2D eigenvalue weighted by atomic mass is 9.98.